The second-order valence-electron chi connectivity index (χ2n) is 11.4. The Balaban J connectivity index is 1.30. The third kappa shape index (κ3) is 6.09. The first-order chi connectivity index (χ1) is 19.3. The smallest absolute Gasteiger partial charge is 0.234 e. The molecule has 8 heteroatoms. The highest BCUT2D eigenvalue weighted by Crippen LogP contribution is 2.40. The van der Waals surface area contributed by atoms with E-state index >= 15 is 0 Å². The molecule has 2 aliphatic rings. The maximum atomic E-state index is 12.5. The summed E-state index contributed by atoms with van der Waals surface area (Å²) in [5.41, 5.74) is 7.33. The van der Waals surface area contributed by atoms with Gasteiger partial charge in [0.25, 0.3) is 0 Å². The molecule has 7 nitrogen and oxygen atoms in total. The average Bonchev–Trinajstić information content (AvgIpc) is 3.20. The summed E-state index contributed by atoms with van der Waals surface area (Å²) in [4.78, 5) is 24.5. The minimum atomic E-state index is -0.538. The summed E-state index contributed by atoms with van der Waals surface area (Å²) in [5.74, 6) is 1.20. The number of nitrogens with one attached hydrogen (secondary N) is 2. The Kier molecular flexibility index (Phi) is 8.88. The molecule has 2 aromatic carbocycles. The number of ether oxygens (including phenoxy) is 1. The van der Waals surface area contributed by atoms with Gasteiger partial charge in [0.1, 0.15) is 0 Å². The molecule has 40 heavy (non-hydrogen) atoms. The number of nitrogens with zero attached hydrogens (tertiary/aromatic N) is 3. The standard InChI is InChI=1S/C32H40BrN5O2/c1-5-21-18-23(24-9-7-15-38(20-24)16-17-40-4)12-13-26(21)36-31-34-19-25(33)27(37-31)14-11-22-8-6-10-28-29(22)32(2,3)30(39)35-28/h6,8,10,12-13,18-19,24H,5,7,9,11,14-17,20H2,1-4H3,(H,35,39)(H,34,36,37). The summed E-state index contributed by atoms with van der Waals surface area (Å²) in [7, 11) is 1.77. The van der Waals surface area contributed by atoms with Crippen molar-refractivity contribution in [3.8, 4) is 0 Å². The van der Waals surface area contributed by atoms with Crippen LogP contribution in [0, 0.1) is 0 Å². The van der Waals surface area contributed by atoms with Crippen LogP contribution in [0.15, 0.2) is 47.1 Å². The minimum Gasteiger partial charge on any atom is -0.383 e. The number of anilines is 3. The van der Waals surface area contributed by atoms with Crippen LogP contribution in [-0.4, -0.2) is 54.1 Å². The largest absolute Gasteiger partial charge is 0.383 e. The molecule has 1 amide bonds. The van der Waals surface area contributed by atoms with Crippen LogP contribution in [-0.2, 0) is 34.2 Å². The van der Waals surface area contributed by atoms with Gasteiger partial charge >= 0.3 is 0 Å². The number of fused-ring (bicyclic) bond motifs is 1. The second kappa shape index (κ2) is 12.4. The van der Waals surface area contributed by atoms with Gasteiger partial charge < -0.3 is 20.3 Å². The van der Waals surface area contributed by atoms with Crippen LogP contribution in [0.1, 0.15) is 67.5 Å². The monoisotopic (exact) mass is 605 g/mol. The highest BCUT2D eigenvalue weighted by Gasteiger charge is 2.39. The van der Waals surface area contributed by atoms with Gasteiger partial charge in [-0.1, -0.05) is 31.2 Å². The van der Waals surface area contributed by atoms with Crippen molar-refractivity contribution < 1.29 is 9.53 Å². The number of carbonyl (C=O) groups excluding carboxylic acids is 1. The van der Waals surface area contributed by atoms with Gasteiger partial charge in [0.05, 0.1) is 22.2 Å². The lowest BCUT2D eigenvalue weighted by Crippen LogP contribution is -2.36. The first-order valence-electron chi connectivity index (χ1n) is 14.4. The van der Waals surface area contributed by atoms with Crippen molar-refractivity contribution in [3.63, 3.8) is 0 Å². The fraction of sp³-hybridized carbons (Fsp3) is 0.469. The third-order valence-electron chi connectivity index (χ3n) is 8.38. The number of benzene rings is 2. The molecule has 0 saturated carbocycles. The molecule has 0 spiro atoms. The molecule has 0 bridgehead atoms. The van der Waals surface area contributed by atoms with E-state index in [-0.39, 0.29) is 5.91 Å². The molecule has 2 aliphatic heterocycles. The first-order valence-corrected chi connectivity index (χ1v) is 15.2. The molecule has 1 fully saturated rings. The summed E-state index contributed by atoms with van der Waals surface area (Å²) < 4.78 is 6.19. The molecule has 5 rings (SSSR count). The zero-order valence-corrected chi connectivity index (χ0v) is 25.6. The zero-order chi connectivity index (χ0) is 28.3. The predicted molar refractivity (Wildman–Crippen MR) is 165 cm³/mol. The van der Waals surface area contributed by atoms with Gasteiger partial charge in [-0.25, -0.2) is 9.97 Å². The summed E-state index contributed by atoms with van der Waals surface area (Å²) >= 11 is 3.65. The Hall–Kier alpha value is -2.81. The van der Waals surface area contributed by atoms with E-state index in [1.165, 1.54) is 29.5 Å². The molecular weight excluding hydrogens is 566 g/mol. The first kappa shape index (κ1) is 28.7. The Labute approximate surface area is 246 Å². The van der Waals surface area contributed by atoms with Crippen molar-refractivity contribution in [3.05, 3.63) is 75.0 Å². The highest BCUT2D eigenvalue weighted by atomic mass is 79.9. The normalized spacial score (nSPS) is 18.4. The number of halogens is 1. The number of rotatable bonds is 10. The van der Waals surface area contributed by atoms with Crippen LogP contribution in [0.25, 0.3) is 0 Å². The van der Waals surface area contributed by atoms with Crippen LogP contribution in [0.5, 0.6) is 0 Å². The number of aromatic nitrogens is 2. The van der Waals surface area contributed by atoms with Crippen LogP contribution in [0.2, 0.25) is 0 Å². The molecule has 0 aliphatic carbocycles. The SMILES string of the molecule is CCc1cc(C2CCCN(CCOC)C2)ccc1Nc1ncc(Br)c(CCc2cccc3c2C(C)(C)C(=O)N3)n1. The van der Waals surface area contributed by atoms with E-state index in [2.05, 4.69) is 67.6 Å². The van der Waals surface area contributed by atoms with Crippen LogP contribution >= 0.6 is 15.9 Å². The lowest BCUT2D eigenvalue weighted by molar-refractivity contribution is -0.119. The van der Waals surface area contributed by atoms with Gasteiger partial charge in [0.2, 0.25) is 11.9 Å². The van der Waals surface area contributed by atoms with Gasteiger partial charge in [-0.2, -0.15) is 0 Å². The molecule has 2 N–H and O–H groups in total. The predicted octanol–water partition coefficient (Wildman–Crippen LogP) is 6.39. The van der Waals surface area contributed by atoms with Crippen molar-refractivity contribution in [1.82, 2.24) is 14.9 Å². The van der Waals surface area contributed by atoms with Crippen molar-refractivity contribution in [2.45, 2.75) is 64.2 Å². The van der Waals surface area contributed by atoms with Crippen LogP contribution in [0.3, 0.4) is 0 Å². The van der Waals surface area contributed by atoms with Gasteiger partial charge in [-0.15, -0.1) is 0 Å². The minimum absolute atomic E-state index is 0.0503. The second-order valence-corrected chi connectivity index (χ2v) is 12.3. The maximum absolute atomic E-state index is 12.5. The topological polar surface area (TPSA) is 79.4 Å². The number of hydrogen-bond acceptors (Lipinski definition) is 6. The number of aryl methyl sites for hydroxylation is 3. The molecule has 1 saturated heterocycles. The number of piperidine rings is 1. The molecule has 1 aromatic heterocycles. The molecule has 0 radical (unpaired) electrons. The highest BCUT2D eigenvalue weighted by molar-refractivity contribution is 9.10. The molecule has 3 aromatic rings. The molecule has 1 unspecified atom stereocenters. The molecular formula is C32H40BrN5O2. The lowest BCUT2D eigenvalue weighted by atomic mass is 9.82. The number of methoxy groups -OCH3 is 1. The van der Waals surface area contributed by atoms with E-state index in [1.54, 1.807) is 7.11 Å². The lowest BCUT2D eigenvalue weighted by Gasteiger charge is -2.33. The van der Waals surface area contributed by atoms with E-state index in [0.717, 1.165) is 72.6 Å². The van der Waals surface area contributed by atoms with Crippen LogP contribution < -0.4 is 10.6 Å². The van der Waals surface area contributed by atoms with Gasteiger partial charge in [-0.05, 0) is 109 Å². The summed E-state index contributed by atoms with van der Waals surface area (Å²) in [6.45, 7) is 10.2. The Morgan fingerprint density at radius 1 is 1.20 bits per heavy atom. The van der Waals surface area contributed by atoms with Gasteiger partial charge in [-0.3, -0.25) is 4.79 Å². The van der Waals surface area contributed by atoms with Crippen molar-refractivity contribution >= 4 is 39.2 Å². The molecule has 1 atom stereocenters. The van der Waals surface area contributed by atoms with E-state index in [9.17, 15) is 4.79 Å². The van der Waals surface area contributed by atoms with E-state index in [4.69, 9.17) is 9.72 Å². The van der Waals surface area contributed by atoms with Crippen molar-refractivity contribution in [2.24, 2.45) is 0 Å². The Morgan fingerprint density at radius 3 is 2.85 bits per heavy atom. The number of likely N-dealkylation sites (tertiary alicyclic amines) is 1. The average molecular weight is 607 g/mol. The maximum Gasteiger partial charge on any atom is 0.234 e. The van der Waals surface area contributed by atoms with E-state index in [1.807, 2.05) is 32.2 Å². The van der Waals surface area contributed by atoms with E-state index in [0.29, 0.717) is 11.9 Å². The fourth-order valence-electron chi connectivity index (χ4n) is 6.09. The van der Waals surface area contributed by atoms with Gasteiger partial charge in [0.15, 0.2) is 0 Å². The summed E-state index contributed by atoms with van der Waals surface area (Å²) in [6.07, 6.45) is 6.73. The van der Waals surface area contributed by atoms with E-state index < -0.39 is 5.41 Å². The van der Waals surface area contributed by atoms with Crippen molar-refractivity contribution in [2.75, 3.05) is 44.0 Å². The molecule has 3 heterocycles. The third-order valence-corrected chi connectivity index (χ3v) is 9.05. The molecule has 212 valence electrons. The van der Waals surface area contributed by atoms with Gasteiger partial charge in [0, 0.05) is 37.8 Å². The number of hydrogen-bond donors (Lipinski definition) is 2. The summed E-state index contributed by atoms with van der Waals surface area (Å²) in [5, 5.41) is 6.52. The Bertz CT molecular complexity index is 1380. The quantitative estimate of drug-likeness (QED) is 0.279. The van der Waals surface area contributed by atoms with Crippen molar-refractivity contribution in [1.29, 1.82) is 0 Å². The zero-order valence-electron chi connectivity index (χ0n) is 24.0. The summed E-state index contributed by atoms with van der Waals surface area (Å²) in [6, 6.07) is 12.9. The Morgan fingerprint density at radius 2 is 2.05 bits per heavy atom. The van der Waals surface area contributed by atoms with Crippen LogP contribution in [0.4, 0.5) is 17.3 Å². The number of amides is 1. The fourth-order valence-corrected chi connectivity index (χ4v) is 6.48. The number of carbonyl (C=O) groups is 1.